The van der Waals surface area contributed by atoms with Gasteiger partial charge in [-0.2, -0.15) is 8.42 Å². The smallest absolute Gasteiger partial charge is 0.394 e. The molecule has 6 N–H and O–H groups in total. The Morgan fingerprint density at radius 3 is 1.48 bits per heavy atom. The molecule has 61 heavy (non-hydrogen) atoms. The van der Waals surface area contributed by atoms with Crippen molar-refractivity contribution < 1.29 is 51.8 Å². The van der Waals surface area contributed by atoms with E-state index in [2.05, 4.69) is 35.5 Å². The number of hydrogen-bond acceptors (Lipinski definition) is 10. The van der Waals surface area contributed by atoms with E-state index in [1.165, 1.54) is 154 Å². The Balaban J connectivity index is 2.44. The van der Waals surface area contributed by atoms with E-state index in [1.54, 1.807) is 6.08 Å². The van der Waals surface area contributed by atoms with E-state index >= 15 is 0 Å². The quantitative estimate of drug-likeness (QED) is 0.0194. The summed E-state index contributed by atoms with van der Waals surface area (Å²) in [5.41, 5.74) is 0. The molecule has 1 aliphatic rings. The van der Waals surface area contributed by atoms with Gasteiger partial charge in [0.15, 0.2) is 6.29 Å². The number of carbonyl (C=O) groups excluding carboxylic acids is 1. The minimum atomic E-state index is -5.08. The zero-order chi connectivity index (χ0) is 44.8. The van der Waals surface area contributed by atoms with E-state index in [0.717, 1.165) is 38.5 Å². The number of nitrogens with one attached hydrogen (secondary N) is 1. The Morgan fingerprint density at radius 2 is 1.05 bits per heavy atom. The minimum absolute atomic E-state index is 0.263. The third-order valence-corrected chi connectivity index (χ3v) is 12.2. The van der Waals surface area contributed by atoms with Crippen LogP contribution in [-0.2, 0) is 28.9 Å². The number of allylic oxidation sites excluding steroid dienone is 3. The Labute approximate surface area is 372 Å². The fourth-order valence-electron chi connectivity index (χ4n) is 7.86. The first-order valence-corrected chi connectivity index (χ1v) is 26.1. The van der Waals surface area contributed by atoms with Gasteiger partial charge in [-0.15, -0.1) is 0 Å². The number of aliphatic hydroxyl groups excluding tert-OH is 4. The number of amides is 1. The van der Waals surface area contributed by atoms with Crippen LogP contribution in [0.5, 0.6) is 0 Å². The van der Waals surface area contributed by atoms with Gasteiger partial charge in [0.2, 0.25) is 5.91 Å². The van der Waals surface area contributed by atoms with Gasteiger partial charge in [-0.1, -0.05) is 192 Å². The van der Waals surface area contributed by atoms with Crippen molar-refractivity contribution in [3.63, 3.8) is 0 Å². The first-order chi connectivity index (χ1) is 29.5. The van der Waals surface area contributed by atoms with E-state index in [1.807, 2.05) is 6.08 Å². The summed E-state index contributed by atoms with van der Waals surface area (Å²) in [6.07, 6.45) is 36.4. The van der Waals surface area contributed by atoms with Gasteiger partial charge in [0.1, 0.15) is 24.4 Å². The van der Waals surface area contributed by atoms with Crippen molar-refractivity contribution in [3.05, 3.63) is 24.3 Å². The van der Waals surface area contributed by atoms with Crippen molar-refractivity contribution in [1.29, 1.82) is 0 Å². The lowest BCUT2D eigenvalue weighted by molar-refractivity contribution is -0.298. The summed E-state index contributed by atoms with van der Waals surface area (Å²) < 4.78 is 47.6. The second-order valence-corrected chi connectivity index (χ2v) is 18.4. The highest BCUT2D eigenvalue weighted by Crippen LogP contribution is 2.26. The van der Waals surface area contributed by atoms with Crippen molar-refractivity contribution in [2.24, 2.45) is 0 Å². The predicted molar refractivity (Wildman–Crippen MR) is 245 cm³/mol. The average molecular weight is 890 g/mol. The Hall–Kier alpha value is -1.42. The highest BCUT2D eigenvalue weighted by Gasteiger charge is 2.48. The second-order valence-electron chi connectivity index (χ2n) is 17.4. The molecule has 7 atom stereocenters. The maximum Gasteiger partial charge on any atom is 0.397 e. The van der Waals surface area contributed by atoms with Gasteiger partial charge < -0.3 is 35.2 Å². The largest absolute Gasteiger partial charge is 0.397 e. The fourth-order valence-corrected chi connectivity index (χ4v) is 8.37. The summed E-state index contributed by atoms with van der Waals surface area (Å²) in [6.45, 7) is 3.38. The first kappa shape index (κ1) is 57.6. The van der Waals surface area contributed by atoms with E-state index in [4.69, 9.17) is 9.47 Å². The van der Waals surface area contributed by atoms with Crippen LogP contribution < -0.4 is 5.32 Å². The molecular formula is C48H91NO11S. The lowest BCUT2D eigenvalue weighted by Gasteiger charge is -2.41. The fraction of sp³-hybridized carbons (Fsp3) is 0.896. The van der Waals surface area contributed by atoms with E-state index in [0.29, 0.717) is 6.42 Å². The predicted octanol–water partition coefficient (Wildman–Crippen LogP) is 10.1. The minimum Gasteiger partial charge on any atom is -0.394 e. The highest BCUT2D eigenvalue weighted by molar-refractivity contribution is 7.80. The Bertz CT molecular complexity index is 1190. The second kappa shape index (κ2) is 39.0. The van der Waals surface area contributed by atoms with Gasteiger partial charge in [-0.3, -0.25) is 9.35 Å². The summed E-state index contributed by atoms with van der Waals surface area (Å²) in [6, 6.07) is -0.941. The van der Waals surface area contributed by atoms with Crippen LogP contribution in [0.4, 0.5) is 0 Å². The summed E-state index contributed by atoms with van der Waals surface area (Å²) >= 11 is 0. The Morgan fingerprint density at radius 1 is 0.639 bits per heavy atom. The van der Waals surface area contributed by atoms with Crippen molar-refractivity contribution in [2.75, 3.05) is 13.2 Å². The zero-order valence-electron chi connectivity index (χ0n) is 38.5. The molecule has 0 aromatic heterocycles. The molecule has 1 aliphatic heterocycles. The van der Waals surface area contributed by atoms with E-state index in [9.17, 15) is 38.2 Å². The van der Waals surface area contributed by atoms with Crippen LogP contribution >= 0.6 is 0 Å². The number of unbranched alkanes of at least 4 members (excludes halogenated alkanes) is 28. The molecule has 0 aliphatic carbocycles. The van der Waals surface area contributed by atoms with Gasteiger partial charge >= 0.3 is 10.4 Å². The number of rotatable bonds is 42. The Kier molecular flexibility index (Phi) is 36.8. The summed E-state index contributed by atoms with van der Waals surface area (Å²) in [5.74, 6) is -0.263. The monoisotopic (exact) mass is 890 g/mol. The molecule has 0 radical (unpaired) electrons. The molecular weight excluding hydrogens is 799 g/mol. The van der Waals surface area contributed by atoms with Gasteiger partial charge in [0, 0.05) is 6.42 Å². The number of hydrogen-bond donors (Lipinski definition) is 6. The van der Waals surface area contributed by atoms with Gasteiger partial charge in [0.25, 0.3) is 0 Å². The molecule has 360 valence electrons. The molecule has 7 unspecified atom stereocenters. The topological polar surface area (TPSA) is 192 Å². The van der Waals surface area contributed by atoms with Crippen LogP contribution in [0.3, 0.4) is 0 Å². The molecule has 1 fully saturated rings. The summed E-state index contributed by atoms with van der Waals surface area (Å²) in [5, 5.41) is 44.7. The maximum absolute atomic E-state index is 13.0. The number of carbonyl (C=O) groups is 1. The molecule has 0 bridgehead atoms. The standard InChI is InChI=1S/C48H91NO11S/c1-3-5-7-9-11-13-15-17-18-19-20-21-22-23-24-26-28-30-32-34-36-38-44(52)49-41(42(51)37-35-33-31-29-27-25-16-14-12-10-8-6-4-2)40-58-48-46(54)47(60-61(55,56)57)45(53)43(39-50)59-48/h17-18,35,37,41-43,45-48,50-51,53-54H,3-16,19-34,36,38-40H2,1-2H3,(H,49,52)(H,55,56,57). The lowest BCUT2D eigenvalue weighted by Crippen LogP contribution is -2.61. The van der Waals surface area contributed by atoms with Gasteiger partial charge in [-0.05, 0) is 44.9 Å². The van der Waals surface area contributed by atoms with Gasteiger partial charge in [-0.25, -0.2) is 4.18 Å². The van der Waals surface area contributed by atoms with Crippen molar-refractivity contribution >= 4 is 16.3 Å². The van der Waals surface area contributed by atoms with Crippen LogP contribution in [-0.4, -0.2) is 95.4 Å². The third kappa shape index (κ3) is 32.0. The van der Waals surface area contributed by atoms with Crippen LogP contribution in [0.2, 0.25) is 0 Å². The molecule has 0 spiro atoms. The summed E-state index contributed by atoms with van der Waals surface area (Å²) in [4.78, 5) is 13.0. The number of aliphatic hydroxyl groups is 4. The van der Waals surface area contributed by atoms with Crippen LogP contribution in [0.15, 0.2) is 24.3 Å². The number of ether oxygens (including phenoxy) is 2. The SMILES string of the molecule is CCCCCCCCC=CCCCCCCCCCCCCCC(=O)NC(COC1OC(CO)C(O)C(OS(=O)(=O)O)C1O)C(O)C=CCCCCCCCCCCCCC. The average Bonchev–Trinajstić information content (AvgIpc) is 3.23. The lowest BCUT2D eigenvalue weighted by atomic mass is 9.99. The van der Waals surface area contributed by atoms with Crippen molar-refractivity contribution in [3.8, 4) is 0 Å². The normalized spacial score (nSPS) is 20.8. The molecule has 13 heteroatoms. The molecule has 1 rings (SSSR count). The third-order valence-electron chi connectivity index (χ3n) is 11.7. The molecule has 0 aromatic carbocycles. The highest BCUT2D eigenvalue weighted by atomic mass is 32.3. The van der Waals surface area contributed by atoms with Gasteiger partial charge in [0.05, 0.1) is 25.4 Å². The molecule has 12 nitrogen and oxygen atoms in total. The molecule has 0 aromatic rings. The first-order valence-electron chi connectivity index (χ1n) is 24.7. The summed E-state index contributed by atoms with van der Waals surface area (Å²) in [7, 11) is -5.08. The van der Waals surface area contributed by atoms with Crippen molar-refractivity contribution in [2.45, 2.75) is 262 Å². The molecule has 1 amide bonds. The van der Waals surface area contributed by atoms with Crippen LogP contribution in [0, 0.1) is 0 Å². The molecule has 0 saturated carbocycles. The maximum atomic E-state index is 13.0. The molecule has 1 saturated heterocycles. The zero-order valence-corrected chi connectivity index (χ0v) is 39.3. The van der Waals surface area contributed by atoms with E-state index < -0.39 is 59.9 Å². The van der Waals surface area contributed by atoms with E-state index in [-0.39, 0.29) is 18.9 Å². The molecule has 1 heterocycles. The van der Waals surface area contributed by atoms with Crippen molar-refractivity contribution in [1.82, 2.24) is 5.32 Å². The van der Waals surface area contributed by atoms with Crippen LogP contribution in [0.25, 0.3) is 0 Å². The van der Waals surface area contributed by atoms with Crippen LogP contribution in [0.1, 0.15) is 219 Å².